The van der Waals surface area contributed by atoms with Gasteiger partial charge in [0.05, 0.1) is 18.6 Å². The molecule has 3 aromatic rings. The van der Waals surface area contributed by atoms with Gasteiger partial charge in [-0.15, -0.1) is 0 Å². The molecule has 3 rings (SSSR count). The second kappa shape index (κ2) is 12.2. The van der Waals surface area contributed by atoms with Gasteiger partial charge in [0.25, 0.3) is 11.6 Å². The zero-order valence-corrected chi connectivity index (χ0v) is 19.1. The molecule has 178 valence electrons. The zero-order chi connectivity index (χ0) is 24.3. The highest BCUT2D eigenvalue weighted by atomic mass is 16.6. The van der Waals surface area contributed by atoms with Crippen LogP contribution in [0.1, 0.15) is 21.5 Å². The zero-order valence-electron chi connectivity index (χ0n) is 19.1. The monoisotopic (exact) mass is 465 g/mol. The molecule has 9 nitrogen and oxygen atoms in total. The molecule has 0 saturated heterocycles. The van der Waals surface area contributed by atoms with E-state index in [-0.39, 0.29) is 17.8 Å². The number of hydrogen-bond donors (Lipinski definition) is 2. The summed E-state index contributed by atoms with van der Waals surface area (Å²) in [4.78, 5) is 23.5. The number of nitro groups is 1. The van der Waals surface area contributed by atoms with E-state index in [9.17, 15) is 14.9 Å². The molecule has 0 spiro atoms. The summed E-state index contributed by atoms with van der Waals surface area (Å²) < 4.78 is 16.2. The molecule has 1 amide bonds. The number of amides is 1. The third-order valence-electron chi connectivity index (χ3n) is 5.00. The lowest BCUT2D eigenvalue weighted by Crippen LogP contribution is -2.23. The van der Waals surface area contributed by atoms with Gasteiger partial charge >= 0.3 is 0 Å². The number of carbonyl (C=O) groups is 1. The van der Waals surface area contributed by atoms with Crippen LogP contribution in [0.5, 0.6) is 11.5 Å². The van der Waals surface area contributed by atoms with Crippen LogP contribution in [0.15, 0.2) is 66.7 Å². The average Bonchev–Trinajstić information content (AvgIpc) is 2.87. The summed E-state index contributed by atoms with van der Waals surface area (Å²) in [7, 11) is 3.10. The summed E-state index contributed by atoms with van der Waals surface area (Å²) in [6.07, 6.45) is 0. The molecule has 0 heterocycles. The van der Waals surface area contributed by atoms with Gasteiger partial charge < -0.3 is 24.8 Å². The number of carbonyl (C=O) groups excluding carboxylic acids is 1. The van der Waals surface area contributed by atoms with Crippen LogP contribution in [-0.2, 0) is 17.9 Å². The van der Waals surface area contributed by atoms with Crippen LogP contribution in [0, 0.1) is 10.1 Å². The lowest BCUT2D eigenvalue weighted by molar-refractivity contribution is -0.384. The van der Waals surface area contributed by atoms with Crippen LogP contribution in [0.2, 0.25) is 0 Å². The second-order valence-electron chi connectivity index (χ2n) is 7.35. The molecule has 0 aliphatic carbocycles. The minimum atomic E-state index is -0.523. The fourth-order valence-corrected chi connectivity index (χ4v) is 3.22. The van der Waals surface area contributed by atoms with E-state index in [0.717, 1.165) is 11.1 Å². The van der Waals surface area contributed by atoms with Crippen LogP contribution in [0.25, 0.3) is 0 Å². The van der Waals surface area contributed by atoms with Gasteiger partial charge in [0.2, 0.25) is 0 Å². The fraction of sp³-hybridized carbons (Fsp3) is 0.240. The lowest BCUT2D eigenvalue weighted by atomic mass is 10.1. The van der Waals surface area contributed by atoms with Gasteiger partial charge in [-0.05, 0) is 35.4 Å². The Labute approximate surface area is 197 Å². The summed E-state index contributed by atoms with van der Waals surface area (Å²) in [5.41, 5.74) is 2.18. The number of nitrogens with one attached hydrogen (secondary N) is 2. The second-order valence-corrected chi connectivity index (χ2v) is 7.35. The third kappa shape index (κ3) is 6.69. The summed E-state index contributed by atoms with van der Waals surface area (Å²) in [6.45, 7) is 1.44. The van der Waals surface area contributed by atoms with Gasteiger partial charge in [-0.2, -0.15) is 0 Å². The van der Waals surface area contributed by atoms with Crippen molar-refractivity contribution in [2.24, 2.45) is 0 Å². The summed E-state index contributed by atoms with van der Waals surface area (Å²) >= 11 is 0. The Morgan fingerprint density at radius 1 is 0.971 bits per heavy atom. The molecular formula is C25H27N3O6. The predicted molar refractivity (Wildman–Crippen MR) is 128 cm³/mol. The van der Waals surface area contributed by atoms with E-state index in [0.29, 0.717) is 36.9 Å². The van der Waals surface area contributed by atoms with E-state index in [1.165, 1.54) is 12.1 Å². The average molecular weight is 466 g/mol. The van der Waals surface area contributed by atoms with Crippen molar-refractivity contribution in [1.82, 2.24) is 5.32 Å². The van der Waals surface area contributed by atoms with Crippen molar-refractivity contribution in [3.63, 3.8) is 0 Å². The predicted octanol–water partition coefficient (Wildman–Crippen LogP) is 4.17. The topological polar surface area (TPSA) is 112 Å². The van der Waals surface area contributed by atoms with Crippen LogP contribution in [-0.4, -0.2) is 38.2 Å². The first kappa shape index (κ1) is 24.5. The van der Waals surface area contributed by atoms with Crippen LogP contribution >= 0.6 is 0 Å². The normalized spacial score (nSPS) is 10.4. The number of benzene rings is 3. The molecule has 34 heavy (non-hydrogen) atoms. The first-order valence-electron chi connectivity index (χ1n) is 10.6. The van der Waals surface area contributed by atoms with E-state index < -0.39 is 10.8 Å². The number of ether oxygens (including phenoxy) is 3. The van der Waals surface area contributed by atoms with Gasteiger partial charge in [0, 0.05) is 31.8 Å². The molecular weight excluding hydrogens is 438 g/mol. The molecule has 0 aliphatic rings. The van der Waals surface area contributed by atoms with Crippen molar-refractivity contribution in [3.05, 3.63) is 93.5 Å². The Kier molecular flexibility index (Phi) is 8.81. The molecule has 9 heteroatoms. The van der Waals surface area contributed by atoms with Crippen molar-refractivity contribution >= 4 is 17.3 Å². The molecule has 0 aliphatic heterocycles. The SMILES string of the molecule is COCCNc1ccc(C(=O)NCc2ccc(OCc3ccccc3)c(OC)c2)cc1[N+](=O)[O-]. The minimum Gasteiger partial charge on any atom is -0.493 e. The lowest BCUT2D eigenvalue weighted by Gasteiger charge is -2.13. The Morgan fingerprint density at radius 2 is 1.76 bits per heavy atom. The summed E-state index contributed by atoms with van der Waals surface area (Å²) in [5, 5.41) is 17.1. The minimum absolute atomic E-state index is 0.176. The molecule has 2 N–H and O–H groups in total. The van der Waals surface area contributed by atoms with Gasteiger partial charge in [0.15, 0.2) is 11.5 Å². The third-order valence-corrected chi connectivity index (χ3v) is 5.00. The number of methoxy groups -OCH3 is 2. The van der Waals surface area contributed by atoms with Crippen molar-refractivity contribution in [2.45, 2.75) is 13.2 Å². The van der Waals surface area contributed by atoms with E-state index >= 15 is 0 Å². The molecule has 0 radical (unpaired) electrons. The first-order chi connectivity index (χ1) is 16.5. The molecule has 0 atom stereocenters. The van der Waals surface area contributed by atoms with Crippen LogP contribution in [0.3, 0.4) is 0 Å². The number of nitrogens with zero attached hydrogens (tertiary/aromatic N) is 1. The summed E-state index contributed by atoms with van der Waals surface area (Å²) in [5.74, 6) is 0.716. The quantitative estimate of drug-likeness (QED) is 0.235. The van der Waals surface area contributed by atoms with E-state index in [1.54, 1.807) is 32.4 Å². The van der Waals surface area contributed by atoms with Gasteiger partial charge in [-0.1, -0.05) is 36.4 Å². The Balaban J connectivity index is 1.63. The smallest absolute Gasteiger partial charge is 0.293 e. The Bertz CT molecular complexity index is 1120. The van der Waals surface area contributed by atoms with Gasteiger partial charge in [0.1, 0.15) is 12.3 Å². The fourth-order valence-electron chi connectivity index (χ4n) is 3.22. The van der Waals surface area contributed by atoms with E-state index in [4.69, 9.17) is 14.2 Å². The maximum atomic E-state index is 12.6. The largest absolute Gasteiger partial charge is 0.493 e. The van der Waals surface area contributed by atoms with Crippen molar-refractivity contribution in [1.29, 1.82) is 0 Å². The Hall–Kier alpha value is -4.11. The molecule has 0 fully saturated rings. The van der Waals surface area contributed by atoms with E-state index in [1.807, 2.05) is 36.4 Å². The highest BCUT2D eigenvalue weighted by molar-refractivity contribution is 5.95. The van der Waals surface area contributed by atoms with Crippen molar-refractivity contribution < 1.29 is 23.9 Å². The molecule has 3 aromatic carbocycles. The van der Waals surface area contributed by atoms with E-state index in [2.05, 4.69) is 10.6 Å². The Morgan fingerprint density at radius 3 is 2.47 bits per heavy atom. The molecule has 0 unspecified atom stereocenters. The maximum Gasteiger partial charge on any atom is 0.293 e. The standard InChI is InChI=1S/C25H27N3O6/c1-32-13-12-26-21-10-9-20(15-22(21)28(30)31)25(29)27-16-19-8-11-23(24(14-19)33-2)34-17-18-6-4-3-5-7-18/h3-11,14-15,26H,12-13,16-17H2,1-2H3,(H,27,29). The molecule has 0 bridgehead atoms. The van der Waals surface area contributed by atoms with Gasteiger partial charge in [-0.3, -0.25) is 14.9 Å². The molecule has 0 saturated carbocycles. The highest BCUT2D eigenvalue weighted by Gasteiger charge is 2.17. The maximum absolute atomic E-state index is 12.6. The van der Waals surface area contributed by atoms with Crippen molar-refractivity contribution in [2.75, 3.05) is 32.7 Å². The van der Waals surface area contributed by atoms with Crippen LogP contribution in [0.4, 0.5) is 11.4 Å². The summed E-state index contributed by atoms with van der Waals surface area (Å²) in [6, 6.07) is 19.5. The number of rotatable bonds is 12. The highest BCUT2D eigenvalue weighted by Crippen LogP contribution is 2.29. The number of hydrogen-bond acceptors (Lipinski definition) is 7. The van der Waals surface area contributed by atoms with Crippen molar-refractivity contribution in [3.8, 4) is 11.5 Å². The number of nitro benzene ring substituents is 1. The number of anilines is 1. The molecule has 0 aromatic heterocycles. The van der Waals surface area contributed by atoms with Crippen LogP contribution < -0.4 is 20.1 Å². The first-order valence-corrected chi connectivity index (χ1v) is 10.6. The van der Waals surface area contributed by atoms with Gasteiger partial charge in [-0.25, -0.2) is 0 Å².